The van der Waals surface area contributed by atoms with E-state index in [9.17, 15) is 0 Å². The van der Waals surface area contributed by atoms with Gasteiger partial charge < -0.3 is 18.8 Å². The van der Waals surface area contributed by atoms with Crippen LogP contribution in [0.5, 0.6) is 17.2 Å². The second-order valence-electron chi connectivity index (χ2n) is 7.83. The lowest BCUT2D eigenvalue weighted by Crippen LogP contribution is -2.06. The Hall–Kier alpha value is -3.99. The number of methoxy groups -OCH3 is 2. The Balaban J connectivity index is 1.47. The zero-order valence-electron chi connectivity index (χ0n) is 19.9. The summed E-state index contributed by atoms with van der Waals surface area (Å²) in [6.45, 7) is 3.37. The number of aromatic nitrogens is 2. The summed E-state index contributed by atoms with van der Waals surface area (Å²) in [6, 6.07) is 22.2. The molecule has 0 fully saturated rings. The molecule has 0 atom stereocenters. The van der Waals surface area contributed by atoms with E-state index < -0.39 is 0 Å². The minimum absolute atomic E-state index is 0.577. The van der Waals surface area contributed by atoms with Crippen LogP contribution >= 0.6 is 0 Å². The Bertz CT molecular complexity index is 1290. The number of rotatable bonds is 10. The van der Waals surface area contributed by atoms with Gasteiger partial charge >= 0.3 is 0 Å². The van der Waals surface area contributed by atoms with Gasteiger partial charge in [0.05, 0.1) is 31.9 Å². The maximum atomic E-state index is 6.05. The van der Waals surface area contributed by atoms with Crippen LogP contribution in [0.2, 0.25) is 0 Å². The van der Waals surface area contributed by atoms with Gasteiger partial charge in [-0.25, -0.2) is 4.98 Å². The molecule has 1 aromatic heterocycles. The molecule has 0 bridgehead atoms. The van der Waals surface area contributed by atoms with E-state index in [1.165, 1.54) is 0 Å². The van der Waals surface area contributed by atoms with Gasteiger partial charge in [-0.2, -0.15) is 0 Å². The number of hydrogen-bond donors (Lipinski definition) is 0. The maximum absolute atomic E-state index is 6.05. The first kappa shape index (κ1) is 23.2. The Morgan fingerprint density at radius 3 is 2.38 bits per heavy atom. The molecule has 0 saturated heterocycles. The van der Waals surface area contributed by atoms with E-state index in [1.807, 2.05) is 79.7 Å². The minimum atomic E-state index is 0.577. The Morgan fingerprint density at radius 2 is 1.62 bits per heavy atom. The van der Waals surface area contributed by atoms with Gasteiger partial charge in [-0.05, 0) is 66.9 Å². The summed E-state index contributed by atoms with van der Waals surface area (Å²) in [7, 11) is 3.34. The standard InChI is InChI=1S/C29H30N2O3/c1-4-8-23-13-17-27(28(21-23)33-3)34-20-7-19-31-26-10-6-5-9-25(26)30-29(31)18-14-22-11-15-24(32-2)16-12-22/h4-6,8-18,21H,7,19-20H2,1-3H3/b8-4+,18-14+. The summed E-state index contributed by atoms with van der Waals surface area (Å²) < 4.78 is 19.0. The first-order valence-corrected chi connectivity index (χ1v) is 11.4. The van der Waals surface area contributed by atoms with E-state index in [1.54, 1.807) is 14.2 Å². The third kappa shape index (κ3) is 5.49. The van der Waals surface area contributed by atoms with Crippen molar-refractivity contribution in [1.82, 2.24) is 9.55 Å². The molecule has 0 spiro atoms. The lowest BCUT2D eigenvalue weighted by molar-refractivity contribution is 0.283. The van der Waals surface area contributed by atoms with Crippen molar-refractivity contribution in [2.45, 2.75) is 19.9 Å². The summed E-state index contributed by atoms with van der Waals surface area (Å²) in [5.74, 6) is 3.26. The lowest BCUT2D eigenvalue weighted by atomic mass is 10.2. The third-order valence-corrected chi connectivity index (χ3v) is 5.56. The number of nitrogens with zero attached hydrogens (tertiary/aromatic N) is 2. The highest BCUT2D eigenvalue weighted by atomic mass is 16.5. The van der Waals surface area contributed by atoms with Gasteiger partial charge in [0.2, 0.25) is 0 Å². The number of aryl methyl sites for hydroxylation is 1. The van der Waals surface area contributed by atoms with Gasteiger partial charge in [-0.1, -0.05) is 48.6 Å². The largest absolute Gasteiger partial charge is 0.497 e. The fourth-order valence-electron chi connectivity index (χ4n) is 3.85. The van der Waals surface area contributed by atoms with Crippen LogP contribution in [0.1, 0.15) is 30.3 Å². The molecule has 0 aliphatic rings. The molecular weight excluding hydrogens is 424 g/mol. The average molecular weight is 455 g/mol. The van der Waals surface area contributed by atoms with Gasteiger partial charge in [0.15, 0.2) is 11.5 Å². The highest BCUT2D eigenvalue weighted by Gasteiger charge is 2.09. The quantitative estimate of drug-likeness (QED) is 0.249. The van der Waals surface area contributed by atoms with Crippen LogP contribution in [0, 0.1) is 0 Å². The molecule has 0 saturated carbocycles. The Labute approximate surface area is 200 Å². The first-order valence-electron chi connectivity index (χ1n) is 11.4. The highest BCUT2D eigenvalue weighted by molar-refractivity contribution is 5.79. The van der Waals surface area contributed by atoms with E-state index in [-0.39, 0.29) is 0 Å². The van der Waals surface area contributed by atoms with Crippen molar-refractivity contribution in [3.8, 4) is 17.2 Å². The molecule has 1 heterocycles. The number of allylic oxidation sites excluding steroid dienone is 1. The molecule has 5 heteroatoms. The molecule has 0 aliphatic heterocycles. The van der Waals surface area contributed by atoms with Crippen LogP contribution in [0.3, 0.4) is 0 Å². The molecule has 4 rings (SSSR count). The fraction of sp³-hybridized carbons (Fsp3) is 0.207. The van der Waals surface area contributed by atoms with E-state index in [4.69, 9.17) is 19.2 Å². The molecule has 0 radical (unpaired) electrons. The van der Waals surface area contributed by atoms with Gasteiger partial charge in [0, 0.05) is 6.54 Å². The van der Waals surface area contributed by atoms with Crippen molar-refractivity contribution < 1.29 is 14.2 Å². The van der Waals surface area contributed by atoms with E-state index >= 15 is 0 Å². The number of fused-ring (bicyclic) bond motifs is 1. The summed E-state index contributed by atoms with van der Waals surface area (Å²) in [6.07, 6.45) is 9.02. The average Bonchev–Trinajstić information content (AvgIpc) is 3.23. The molecule has 4 aromatic rings. The maximum Gasteiger partial charge on any atom is 0.161 e. The molecule has 5 nitrogen and oxygen atoms in total. The van der Waals surface area contributed by atoms with Gasteiger partial charge in [0.25, 0.3) is 0 Å². The Morgan fingerprint density at radius 1 is 0.824 bits per heavy atom. The van der Waals surface area contributed by atoms with E-state index in [0.29, 0.717) is 6.61 Å². The smallest absolute Gasteiger partial charge is 0.161 e. The summed E-state index contributed by atoms with van der Waals surface area (Å²) in [5, 5.41) is 0. The van der Waals surface area contributed by atoms with Crippen LogP contribution in [0.4, 0.5) is 0 Å². The molecule has 0 aliphatic carbocycles. The number of para-hydroxylation sites is 2. The van der Waals surface area contributed by atoms with Crippen LogP contribution < -0.4 is 14.2 Å². The van der Waals surface area contributed by atoms with E-state index in [0.717, 1.165) is 58.2 Å². The number of benzene rings is 3. The zero-order chi connectivity index (χ0) is 23.8. The summed E-state index contributed by atoms with van der Waals surface area (Å²) >= 11 is 0. The lowest BCUT2D eigenvalue weighted by Gasteiger charge is -2.12. The van der Waals surface area contributed by atoms with Gasteiger partial charge in [-0.3, -0.25) is 0 Å². The van der Waals surface area contributed by atoms with Crippen molar-refractivity contribution >= 4 is 29.3 Å². The van der Waals surface area contributed by atoms with Crippen molar-refractivity contribution in [2.24, 2.45) is 0 Å². The third-order valence-electron chi connectivity index (χ3n) is 5.56. The van der Waals surface area contributed by atoms with Gasteiger partial charge in [-0.15, -0.1) is 0 Å². The second kappa shape index (κ2) is 11.2. The topological polar surface area (TPSA) is 45.5 Å². The molecule has 0 unspecified atom stereocenters. The number of ether oxygens (including phenoxy) is 3. The number of imidazole rings is 1. The fourth-order valence-corrected chi connectivity index (χ4v) is 3.85. The summed E-state index contributed by atoms with van der Waals surface area (Å²) in [5.41, 5.74) is 4.28. The molecule has 0 N–H and O–H groups in total. The molecule has 34 heavy (non-hydrogen) atoms. The van der Waals surface area contributed by atoms with Crippen molar-refractivity contribution in [3.63, 3.8) is 0 Å². The summed E-state index contributed by atoms with van der Waals surface area (Å²) in [4.78, 5) is 4.84. The monoisotopic (exact) mass is 454 g/mol. The molecule has 0 amide bonds. The predicted octanol–water partition coefficient (Wildman–Crippen LogP) is 6.73. The molecule has 174 valence electrons. The molecular formula is C29H30N2O3. The van der Waals surface area contributed by atoms with E-state index in [2.05, 4.69) is 22.8 Å². The zero-order valence-corrected chi connectivity index (χ0v) is 19.9. The van der Waals surface area contributed by atoms with Crippen LogP contribution in [0.25, 0.3) is 29.3 Å². The number of hydrogen-bond acceptors (Lipinski definition) is 4. The predicted molar refractivity (Wildman–Crippen MR) is 139 cm³/mol. The molecule has 3 aromatic carbocycles. The van der Waals surface area contributed by atoms with Crippen molar-refractivity contribution in [2.75, 3.05) is 20.8 Å². The van der Waals surface area contributed by atoms with Crippen molar-refractivity contribution in [1.29, 1.82) is 0 Å². The minimum Gasteiger partial charge on any atom is -0.497 e. The van der Waals surface area contributed by atoms with Crippen LogP contribution in [-0.2, 0) is 6.54 Å². The van der Waals surface area contributed by atoms with Crippen LogP contribution in [-0.4, -0.2) is 30.4 Å². The van der Waals surface area contributed by atoms with Gasteiger partial charge in [0.1, 0.15) is 11.6 Å². The first-order chi connectivity index (χ1) is 16.7. The van der Waals surface area contributed by atoms with Crippen LogP contribution in [0.15, 0.2) is 72.8 Å². The Kier molecular flexibility index (Phi) is 7.66. The normalized spacial score (nSPS) is 11.5. The SMILES string of the molecule is C/C=C/c1ccc(OCCCn2c(/C=C/c3ccc(OC)cc3)nc3ccccc32)c(OC)c1. The second-order valence-corrected chi connectivity index (χ2v) is 7.83. The highest BCUT2D eigenvalue weighted by Crippen LogP contribution is 2.29. The van der Waals surface area contributed by atoms with Crippen molar-refractivity contribution in [3.05, 3.63) is 89.8 Å².